The van der Waals surface area contributed by atoms with E-state index in [9.17, 15) is 4.79 Å². The van der Waals surface area contributed by atoms with Crippen LogP contribution in [0.3, 0.4) is 0 Å². The first-order valence-corrected chi connectivity index (χ1v) is 11.8. The highest BCUT2D eigenvalue weighted by Crippen LogP contribution is 2.15. The number of unbranched alkanes of at least 4 members (excludes halogenated alkanes) is 17. The van der Waals surface area contributed by atoms with E-state index >= 15 is 0 Å². The molecule has 0 atom stereocenters. The average Bonchev–Trinajstić information content (AvgIpc) is 2.59. The summed E-state index contributed by atoms with van der Waals surface area (Å²) in [4.78, 5) is 10.4. The third-order valence-corrected chi connectivity index (χ3v) is 5.42. The number of carboxylic acids is 1. The Bertz CT molecular complexity index is 286. The summed E-state index contributed by atoms with van der Waals surface area (Å²) in [5.74, 6) is 0.229. The molecule has 0 unspecified atom stereocenters. The molecule has 0 aliphatic heterocycles. The molecule has 0 aliphatic carbocycles. The van der Waals surface area contributed by atoms with Gasteiger partial charge in [-0.25, -0.2) is 0 Å². The summed E-state index contributed by atoms with van der Waals surface area (Å²) in [7, 11) is 0. The number of aliphatic carboxylic acids is 1. The normalized spacial score (nSPS) is 11.3. The van der Waals surface area contributed by atoms with Crippen LogP contribution in [-0.4, -0.2) is 11.1 Å². The lowest BCUT2D eigenvalue weighted by Crippen LogP contribution is -1.93. The van der Waals surface area contributed by atoms with E-state index < -0.39 is 5.97 Å². The second-order valence-electron chi connectivity index (χ2n) is 8.69. The van der Waals surface area contributed by atoms with Gasteiger partial charge in [0.15, 0.2) is 0 Å². The summed E-state index contributed by atoms with van der Waals surface area (Å²) in [5.41, 5.74) is 0. The Hall–Kier alpha value is -0.530. The van der Waals surface area contributed by atoms with Gasteiger partial charge >= 0.3 is 5.97 Å². The average molecular weight is 369 g/mol. The summed E-state index contributed by atoms with van der Waals surface area (Å²) in [5, 5.41) is 8.57. The minimum Gasteiger partial charge on any atom is -0.481 e. The Morgan fingerprint density at radius 2 is 0.808 bits per heavy atom. The maximum absolute atomic E-state index is 10.4. The lowest BCUT2D eigenvalue weighted by atomic mass is 10.0. The number of rotatable bonds is 21. The molecular weight excluding hydrogens is 320 g/mol. The van der Waals surface area contributed by atoms with E-state index in [0.29, 0.717) is 6.42 Å². The second kappa shape index (κ2) is 20.8. The number of carboxylic acid groups (broad SMARTS) is 1. The quantitative estimate of drug-likeness (QED) is 0.206. The van der Waals surface area contributed by atoms with Gasteiger partial charge in [-0.2, -0.15) is 0 Å². The van der Waals surface area contributed by atoms with Gasteiger partial charge in [-0.15, -0.1) is 0 Å². The highest BCUT2D eigenvalue weighted by molar-refractivity contribution is 5.66. The van der Waals surface area contributed by atoms with E-state index in [2.05, 4.69) is 13.8 Å². The highest BCUT2D eigenvalue weighted by atomic mass is 16.4. The lowest BCUT2D eigenvalue weighted by Gasteiger charge is -2.05. The first kappa shape index (κ1) is 25.5. The van der Waals surface area contributed by atoms with Crippen molar-refractivity contribution in [2.75, 3.05) is 0 Å². The van der Waals surface area contributed by atoms with E-state index in [1.165, 1.54) is 109 Å². The van der Waals surface area contributed by atoms with Gasteiger partial charge in [-0.1, -0.05) is 129 Å². The van der Waals surface area contributed by atoms with Gasteiger partial charge in [0.1, 0.15) is 0 Å². The summed E-state index contributed by atoms with van der Waals surface area (Å²) in [6.45, 7) is 4.65. The Morgan fingerprint density at radius 1 is 0.538 bits per heavy atom. The van der Waals surface area contributed by atoms with Crippen LogP contribution in [0.2, 0.25) is 0 Å². The molecule has 2 nitrogen and oxygen atoms in total. The summed E-state index contributed by atoms with van der Waals surface area (Å²) in [6, 6.07) is 0. The van der Waals surface area contributed by atoms with Crippen molar-refractivity contribution in [3.63, 3.8) is 0 Å². The standard InChI is InChI=1S/C24H48O2/c1-23(2)21-19-17-15-13-11-9-7-5-3-4-6-8-10-12-14-16-18-20-22-24(25)26/h23H,3-22H2,1-2H3,(H,25,26). The van der Waals surface area contributed by atoms with E-state index in [-0.39, 0.29) is 0 Å². The Balaban J connectivity index is 3.00. The van der Waals surface area contributed by atoms with Crippen molar-refractivity contribution in [2.24, 2.45) is 5.92 Å². The SMILES string of the molecule is CC(C)CCCCCCCCCCCCCCCCCCCCC(=O)O. The third-order valence-electron chi connectivity index (χ3n) is 5.42. The van der Waals surface area contributed by atoms with Gasteiger partial charge in [0.25, 0.3) is 0 Å². The molecule has 26 heavy (non-hydrogen) atoms. The molecule has 0 aliphatic rings. The highest BCUT2D eigenvalue weighted by Gasteiger charge is 1.98. The summed E-state index contributed by atoms with van der Waals surface area (Å²) >= 11 is 0. The zero-order valence-electron chi connectivity index (χ0n) is 18.1. The topological polar surface area (TPSA) is 37.3 Å². The summed E-state index contributed by atoms with van der Waals surface area (Å²) < 4.78 is 0. The van der Waals surface area contributed by atoms with Gasteiger partial charge in [0, 0.05) is 6.42 Å². The van der Waals surface area contributed by atoms with Gasteiger partial charge < -0.3 is 5.11 Å². The zero-order valence-corrected chi connectivity index (χ0v) is 18.1. The maximum Gasteiger partial charge on any atom is 0.303 e. The molecule has 0 heterocycles. The molecule has 0 radical (unpaired) electrons. The van der Waals surface area contributed by atoms with Crippen molar-refractivity contribution in [1.29, 1.82) is 0 Å². The zero-order chi connectivity index (χ0) is 19.3. The van der Waals surface area contributed by atoms with Crippen LogP contribution in [-0.2, 0) is 4.79 Å². The van der Waals surface area contributed by atoms with Gasteiger partial charge in [-0.3, -0.25) is 4.79 Å². The van der Waals surface area contributed by atoms with Crippen LogP contribution in [0.1, 0.15) is 142 Å². The van der Waals surface area contributed by atoms with Crippen molar-refractivity contribution in [2.45, 2.75) is 142 Å². The molecule has 156 valence electrons. The van der Waals surface area contributed by atoms with Gasteiger partial charge in [0.05, 0.1) is 0 Å². The molecule has 0 saturated carbocycles. The van der Waals surface area contributed by atoms with E-state index in [1.54, 1.807) is 0 Å². The van der Waals surface area contributed by atoms with E-state index in [1.807, 2.05) is 0 Å². The molecule has 2 heteroatoms. The second-order valence-corrected chi connectivity index (χ2v) is 8.69. The smallest absolute Gasteiger partial charge is 0.303 e. The third kappa shape index (κ3) is 23.5. The van der Waals surface area contributed by atoms with Crippen LogP contribution in [0.4, 0.5) is 0 Å². The maximum atomic E-state index is 10.4. The largest absolute Gasteiger partial charge is 0.481 e. The Kier molecular flexibility index (Phi) is 20.4. The van der Waals surface area contributed by atoms with Crippen LogP contribution in [0.15, 0.2) is 0 Å². The van der Waals surface area contributed by atoms with Crippen LogP contribution >= 0.6 is 0 Å². The monoisotopic (exact) mass is 368 g/mol. The fourth-order valence-electron chi connectivity index (χ4n) is 3.66. The first-order chi connectivity index (χ1) is 12.6. The molecule has 0 amide bonds. The van der Waals surface area contributed by atoms with Crippen molar-refractivity contribution in [3.05, 3.63) is 0 Å². The number of carbonyl (C=O) groups is 1. The molecule has 0 rings (SSSR count). The van der Waals surface area contributed by atoms with Crippen molar-refractivity contribution in [1.82, 2.24) is 0 Å². The minimum absolute atomic E-state index is 0.346. The minimum atomic E-state index is -0.651. The summed E-state index contributed by atoms with van der Waals surface area (Å²) in [6.07, 6.45) is 26.1. The van der Waals surface area contributed by atoms with Gasteiger partial charge in [0.2, 0.25) is 0 Å². The molecule has 0 saturated heterocycles. The van der Waals surface area contributed by atoms with E-state index in [4.69, 9.17) is 5.11 Å². The van der Waals surface area contributed by atoms with Crippen molar-refractivity contribution in [3.8, 4) is 0 Å². The first-order valence-electron chi connectivity index (χ1n) is 11.8. The van der Waals surface area contributed by atoms with Crippen LogP contribution < -0.4 is 0 Å². The van der Waals surface area contributed by atoms with Crippen molar-refractivity contribution < 1.29 is 9.90 Å². The number of hydrogen-bond donors (Lipinski definition) is 1. The Labute approximate surface area is 164 Å². The number of hydrogen-bond acceptors (Lipinski definition) is 1. The van der Waals surface area contributed by atoms with Crippen LogP contribution in [0, 0.1) is 5.92 Å². The molecular formula is C24H48O2. The molecule has 0 bridgehead atoms. The molecule has 0 aromatic carbocycles. The van der Waals surface area contributed by atoms with Crippen LogP contribution in [0.25, 0.3) is 0 Å². The molecule has 0 fully saturated rings. The predicted octanol–water partition coefficient (Wildman–Crippen LogP) is 8.53. The fourth-order valence-corrected chi connectivity index (χ4v) is 3.66. The van der Waals surface area contributed by atoms with Crippen LogP contribution in [0.5, 0.6) is 0 Å². The van der Waals surface area contributed by atoms with Crippen molar-refractivity contribution >= 4 is 5.97 Å². The molecule has 0 aromatic rings. The Morgan fingerprint density at radius 3 is 1.08 bits per heavy atom. The molecule has 1 N–H and O–H groups in total. The fraction of sp³-hybridized carbons (Fsp3) is 0.958. The lowest BCUT2D eigenvalue weighted by molar-refractivity contribution is -0.137. The van der Waals surface area contributed by atoms with Gasteiger partial charge in [-0.05, 0) is 12.3 Å². The predicted molar refractivity (Wildman–Crippen MR) is 115 cm³/mol. The molecule has 0 aromatic heterocycles. The molecule has 0 spiro atoms. The van der Waals surface area contributed by atoms with E-state index in [0.717, 1.165) is 18.8 Å².